The van der Waals surface area contributed by atoms with Gasteiger partial charge in [-0.15, -0.1) is 0 Å². The Balaban J connectivity index is 1.90. The Kier molecular flexibility index (Phi) is 4.99. The van der Waals surface area contributed by atoms with Crippen molar-refractivity contribution in [3.8, 4) is 5.75 Å². The van der Waals surface area contributed by atoms with Gasteiger partial charge in [0.1, 0.15) is 11.6 Å². The van der Waals surface area contributed by atoms with E-state index in [1.165, 1.54) is 18.2 Å². The topological polar surface area (TPSA) is 57.6 Å². The molecule has 2 aromatic rings. The second kappa shape index (κ2) is 7.25. The highest BCUT2D eigenvalue weighted by Gasteiger charge is 2.62. The third-order valence-corrected chi connectivity index (χ3v) is 6.65. The lowest BCUT2D eigenvalue weighted by Gasteiger charge is -2.40. The van der Waals surface area contributed by atoms with E-state index in [0.29, 0.717) is 17.0 Å². The summed E-state index contributed by atoms with van der Waals surface area (Å²) in [5.74, 6) is -2.80. The second-order valence-electron chi connectivity index (χ2n) is 7.69. The summed E-state index contributed by atoms with van der Waals surface area (Å²) in [6.45, 7) is 5.56. The maximum absolute atomic E-state index is 13.7. The minimum atomic E-state index is -1.20. The third kappa shape index (κ3) is 2.88. The Morgan fingerprint density at radius 2 is 1.97 bits per heavy atom. The Hall–Kier alpha value is -2.63. The molecule has 0 unspecified atom stereocenters. The average Bonchev–Trinajstić information content (AvgIpc) is 2.91. The number of rotatable bonds is 3. The number of anilines is 1. The summed E-state index contributed by atoms with van der Waals surface area (Å²) in [5.41, 5.74) is 0.187. The molecule has 30 heavy (non-hydrogen) atoms. The van der Waals surface area contributed by atoms with Gasteiger partial charge in [-0.3, -0.25) is 9.59 Å². The van der Waals surface area contributed by atoms with E-state index in [4.69, 9.17) is 23.2 Å². The SMILES string of the molecule is C=CC1=CC[C@H]2C(=O)N(c3ccc(F)c(Cl)c3)C(=O)[C@@]2(C)[C@H]1c1cc(Cl)ccc1O. The molecule has 7 heteroatoms. The fourth-order valence-corrected chi connectivity index (χ4v) is 4.97. The number of nitrogens with zero attached hydrogens (tertiary/aromatic N) is 1. The molecule has 1 fully saturated rings. The molecule has 0 spiro atoms. The van der Waals surface area contributed by atoms with Gasteiger partial charge in [-0.1, -0.05) is 41.9 Å². The van der Waals surface area contributed by atoms with Crippen LogP contribution in [0.5, 0.6) is 5.75 Å². The molecule has 2 aliphatic rings. The van der Waals surface area contributed by atoms with Gasteiger partial charge in [0, 0.05) is 16.5 Å². The van der Waals surface area contributed by atoms with Gasteiger partial charge in [0.15, 0.2) is 0 Å². The van der Waals surface area contributed by atoms with Crippen LogP contribution in [0.25, 0.3) is 0 Å². The Labute approximate surface area is 183 Å². The van der Waals surface area contributed by atoms with Crippen molar-refractivity contribution >= 4 is 40.7 Å². The summed E-state index contributed by atoms with van der Waals surface area (Å²) >= 11 is 12.1. The van der Waals surface area contributed by atoms with E-state index in [-0.39, 0.29) is 16.5 Å². The standard InChI is InChI=1S/C23H18Cl2FNO3/c1-3-12-4-7-16-21(29)27(14-6-8-18(26)17(25)11-14)22(30)23(16,2)20(12)15-10-13(24)5-9-19(15)28/h3-6,8-11,16,20,28H,1,7H2,2H3/t16-,20+,23+/m0/s1. The van der Waals surface area contributed by atoms with Crippen molar-refractivity contribution in [2.45, 2.75) is 19.3 Å². The quantitative estimate of drug-likeness (QED) is 0.622. The molecule has 3 atom stereocenters. The zero-order chi connectivity index (χ0) is 21.8. The van der Waals surface area contributed by atoms with Crippen LogP contribution in [0, 0.1) is 17.2 Å². The molecule has 0 radical (unpaired) electrons. The average molecular weight is 446 g/mol. The van der Waals surface area contributed by atoms with Gasteiger partial charge in [-0.05, 0) is 55.3 Å². The maximum Gasteiger partial charge on any atom is 0.241 e. The van der Waals surface area contributed by atoms with E-state index in [9.17, 15) is 19.1 Å². The lowest BCUT2D eigenvalue weighted by Crippen LogP contribution is -2.41. The number of fused-ring (bicyclic) bond motifs is 1. The summed E-state index contributed by atoms with van der Waals surface area (Å²) in [5, 5.41) is 10.8. The van der Waals surface area contributed by atoms with Crippen LogP contribution in [0.4, 0.5) is 10.1 Å². The number of hydrogen-bond donors (Lipinski definition) is 1. The van der Waals surface area contributed by atoms with Crippen molar-refractivity contribution < 1.29 is 19.1 Å². The first-order valence-corrected chi connectivity index (χ1v) is 10.1. The summed E-state index contributed by atoms with van der Waals surface area (Å²) in [7, 11) is 0. The molecule has 1 aliphatic carbocycles. The predicted octanol–water partition coefficient (Wildman–Crippen LogP) is 5.63. The number of benzene rings is 2. The van der Waals surface area contributed by atoms with Crippen molar-refractivity contribution in [2.75, 3.05) is 4.90 Å². The summed E-state index contributed by atoms with van der Waals surface area (Å²) in [6, 6.07) is 8.35. The molecular weight excluding hydrogens is 428 g/mol. The zero-order valence-electron chi connectivity index (χ0n) is 16.0. The third-order valence-electron chi connectivity index (χ3n) is 6.13. The van der Waals surface area contributed by atoms with Crippen LogP contribution >= 0.6 is 23.2 Å². The van der Waals surface area contributed by atoms with E-state index in [0.717, 1.165) is 16.5 Å². The van der Waals surface area contributed by atoms with Crippen LogP contribution in [0.1, 0.15) is 24.8 Å². The van der Waals surface area contributed by atoms with E-state index in [1.54, 1.807) is 25.1 Å². The number of aromatic hydroxyl groups is 1. The number of amides is 2. The van der Waals surface area contributed by atoms with Gasteiger partial charge < -0.3 is 5.11 Å². The maximum atomic E-state index is 13.7. The van der Waals surface area contributed by atoms with E-state index < -0.39 is 34.9 Å². The lowest BCUT2D eigenvalue weighted by molar-refractivity contribution is -0.127. The number of carbonyl (C=O) groups is 2. The van der Waals surface area contributed by atoms with Crippen molar-refractivity contribution in [2.24, 2.45) is 11.3 Å². The molecule has 1 heterocycles. The summed E-state index contributed by atoms with van der Waals surface area (Å²) < 4.78 is 13.6. The molecule has 4 rings (SSSR count). The predicted molar refractivity (Wildman–Crippen MR) is 114 cm³/mol. The first-order valence-electron chi connectivity index (χ1n) is 9.34. The van der Waals surface area contributed by atoms with Crippen LogP contribution in [0.3, 0.4) is 0 Å². The van der Waals surface area contributed by atoms with Gasteiger partial charge >= 0.3 is 0 Å². The number of imide groups is 1. The fourth-order valence-electron chi connectivity index (χ4n) is 4.62. The smallest absolute Gasteiger partial charge is 0.241 e. The van der Waals surface area contributed by atoms with Gasteiger partial charge in [0.05, 0.1) is 22.0 Å². The monoisotopic (exact) mass is 445 g/mol. The highest BCUT2D eigenvalue weighted by molar-refractivity contribution is 6.32. The van der Waals surface area contributed by atoms with Gasteiger partial charge in [0.25, 0.3) is 0 Å². The molecule has 2 amide bonds. The van der Waals surface area contributed by atoms with Crippen LogP contribution in [-0.4, -0.2) is 16.9 Å². The molecule has 0 saturated carbocycles. The largest absolute Gasteiger partial charge is 0.508 e. The number of carbonyl (C=O) groups excluding carboxylic acids is 2. The normalized spacial score (nSPS) is 25.9. The van der Waals surface area contributed by atoms with Crippen molar-refractivity contribution in [3.05, 3.63) is 82.1 Å². The van der Waals surface area contributed by atoms with Gasteiger partial charge in [-0.25, -0.2) is 9.29 Å². The molecule has 1 aliphatic heterocycles. The van der Waals surface area contributed by atoms with E-state index >= 15 is 0 Å². The molecule has 2 aromatic carbocycles. The lowest BCUT2D eigenvalue weighted by atomic mass is 9.60. The first-order chi connectivity index (χ1) is 14.2. The number of phenolic OH excluding ortho intramolecular Hbond substituents is 1. The summed E-state index contributed by atoms with van der Waals surface area (Å²) in [6.07, 6.45) is 3.82. The Morgan fingerprint density at radius 1 is 1.23 bits per heavy atom. The van der Waals surface area contributed by atoms with Crippen LogP contribution in [-0.2, 0) is 9.59 Å². The molecule has 154 valence electrons. The van der Waals surface area contributed by atoms with Crippen LogP contribution in [0.2, 0.25) is 10.0 Å². The van der Waals surface area contributed by atoms with Crippen molar-refractivity contribution in [1.29, 1.82) is 0 Å². The fraction of sp³-hybridized carbons (Fsp3) is 0.217. The highest BCUT2D eigenvalue weighted by atomic mass is 35.5. The first kappa shape index (κ1) is 20.6. The van der Waals surface area contributed by atoms with Crippen LogP contribution in [0.15, 0.2) is 60.7 Å². The molecule has 1 N–H and O–H groups in total. The molecular formula is C23H18Cl2FNO3. The minimum absolute atomic E-state index is 0.0254. The number of allylic oxidation sites excluding steroid dienone is 3. The van der Waals surface area contributed by atoms with Crippen molar-refractivity contribution in [3.63, 3.8) is 0 Å². The van der Waals surface area contributed by atoms with Gasteiger partial charge in [0.2, 0.25) is 11.8 Å². The van der Waals surface area contributed by atoms with Gasteiger partial charge in [-0.2, -0.15) is 0 Å². The molecule has 0 bridgehead atoms. The number of phenols is 1. The zero-order valence-corrected chi connectivity index (χ0v) is 17.5. The summed E-state index contributed by atoms with van der Waals surface area (Å²) in [4.78, 5) is 28.1. The number of halogens is 3. The number of hydrogen-bond acceptors (Lipinski definition) is 3. The van der Waals surface area contributed by atoms with Crippen molar-refractivity contribution in [1.82, 2.24) is 0 Å². The Morgan fingerprint density at radius 3 is 2.63 bits per heavy atom. The molecule has 0 aromatic heterocycles. The Bertz CT molecular complexity index is 1130. The highest BCUT2D eigenvalue weighted by Crippen LogP contribution is 2.58. The molecule has 4 nitrogen and oxygen atoms in total. The van der Waals surface area contributed by atoms with Crippen LogP contribution < -0.4 is 4.90 Å². The van der Waals surface area contributed by atoms with E-state index in [2.05, 4.69) is 6.58 Å². The minimum Gasteiger partial charge on any atom is -0.508 e. The van der Waals surface area contributed by atoms with E-state index in [1.807, 2.05) is 6.08 Å². The molecule has 1 saturated heterocycles. The second-order valence-corrected chi connectivity index (χ2v) is 8.54.